The average Bonchev–Trinajstić information content (AvgIpc) is 2.31. The van der Waals surface area contributed by atoms with Gasteiger partial charge in [0.1, 0.15) is 6.04 Å². The van der Waals surface area contributed by atoms with Crippen molar-refractivity contribution in [2.45, 2.75) is 6.04 Å². The Balaban J connectivity index is 2.88. The van der Waals surface area contributed by atoms with Crippen molar-refractivity contribution in [3.05, 3.63) is 34.9 Å². The van der Waals surface area contributed by atoms with Crippen LogP contribution in [0.3, 0.4) is 0 Å². The summed E-state index contributed by atoms with van der Waals surface area (Å²) in [6.45, 7) is 0.294. The van der Waals surface area contributed by atoms with Gasteiger partial charge in [-0.05, 0) is 17.7 Å². The Morgan fingerprint density at radius 2 is 2.19 bits per heavy atom. The van der Waals surface area contributed by atoms with Crippen molar-refractivity contribution in [1.82, 2.24) is 5.32 Å². The molecule has 0 amide bonds. The summed E-state index contributed by atoms with van der Waals surface area (Å²) in [6, 6.07) is 6.38. The predicted molar refractivity (Wildman–Crippen MR) is 63.0 cm³/mol. The van der Waals surface area contributed by atoms with E-state index in [9.17, 15) is 4.79 Å². The highest BCUT2D eigenvalue weighted by Crippen LogP contribution is 2.17. The molecule has 0 fully saturated rings. The van der Waals surface area contributed by atoms with E-state index in [0.29, 0.717) is 11.6 Å². The van der Waals surface area contributed by atoms with Crippen molar-refractivity contribution in [1.29, 1.82) is 0 Å². The van der Waals surface area contributed by atoms with Gasteiger partial charge in [-0.25, -0.2) is 4.79 Å². The largest absolute Gasteiger partial charge is 0.468 e. The van der Waals surface area contributed by atoms with Crippen LogP contribution in [0.4, 0.5) is 0 Å². The third-order valence-electron chi connectivity index (χ3n) is 2.05. The van der Waals surface area contributed by atoms with E-state index in [4.69, 9.17) is 22.8 Å². The van der Waals surface area contributed by atoms with Crippen LogP contribution in [-0.4, -0.2) is 19.6 Å². The Morgan fingerprint density at radius 3 is 2.69 bits per heavy atom. The summed E-state index contributed by atoms with van der Waals surface area (Å²) in [6.07, 6.45) is 5.13. The van der Waals surface area contributed by atoms with E-state index in [0.717, 1.165) is 5.56 Å². The minimum atomic E-state index is -0.557. The van der Waals surface area contributed by atoms with Crippen molar-refractivity contribution < 1.29 is 9.53 Å². The minimum Gasteiger partial charge on any atom is -0.468 e. The number of carbonyl (C=O) groups excluding carboxylic acids is 1. The van der Waals surface area contributed by atoms with Crippen LogP contribution in [0.1, 0.15) is 11.6 Å². The van der Waals surface area contributed by atoms with Crippen LogP contribution in [0.2, 0.25) is 5.02 Å². The number of hydrogen-bond acceptors (Lipinski definition) is 3. The first-order chi connectivity index (χ1) is 7.69. The van der Waals surface area contributed by atoms with Gasteiger partial charge in [0.25, 0.3) is 0 Å². The van der Waals surface area contributed by atoms with Crippen LogP contribution in [0.25, 0.3) is 0 Å². The molecule has 1 N–H and O–H groups in total. The molecule has 3 nitrogen and oxygen atoms in total. The highest BCUT2D eigenvalue weighted by molar-refractivity contribution is 6.30. The first kappa shape index (κ1) is 12.6. The van der Waals surface area contributed by atoms with E-state index >= 15 is 0 Å². The molecule has 1 aromatic carbocycles. The van der Waals surface area contributed by atoms with Gasteiger partial charge in [-0.1, -0.05) is 29.7 Å². The summed E-state index contributed by atoms with van der Waals surface area (Å²) >= 11 is 5.77. The molecule has 0 bridgehead atoms. The highest BCUT2D eigenvalue weighted by Gasteiger charge is 2.19. The van der Waals surface area contributed by atoms with Gasteiger partial charge in [0.2, 0.25) is 0 Å². The number of hydrogen-bond donors (Lipinski definition) is 1. The second-order valence-corrected chi connectivity index (χ2v) is 3.53. The fourth-order valence-corrected chi connectivity index (χ4v) is 1.40. The first-order valence-corrected chi connectivity index (χ1v) is 5.07. The highest BCUT2D eigenvalue weighted by atomic mass is 35.5. The zero-order chi connectivity index (χ0) is 12.0. The molecule has 0 aliphatic rings. The molecule has 0 aliphatic heterocycles. The smallest absolute Gasteiger partial charge is 0.327 e. The van der Waals surface area contributed by atoms with Crippen LogP contribution >= 0.6 is 11.6 Å². The number of esters is 1. The van der Waals surface area contributed by atoms with E-state index in [-0.39, 0.29) is 5.97 Å². The molecule has 16 heavy (non-hydrogen) atoms. The Morgan fingerprint density at radius 1 is 1.56 bits per heavy atom. The maximum absolute atomic E-state index is 11.5. The van der Waals surface area contributed by atoms with Gasteiger partial charge in [0.15, 0.2) is 0 Å². The molecule has 0 saturated heterocycles. The van der Waals surface area contributed by atoms with Crippen LogP contribution < -0.4 is 5.32 Å². The lowest BCUT2D eigenvalue weighted by atomic mass is 10.1. The maximum atomic E-state index is 11.5. The van der Waals surface area contributed by atoms with Gasteiger partial charge in [0.05, 0.1) is 13.7 Å². The molecule has 0 aromatic heterocycles. The molecular formula is C12H12ClNO2. The van der Waals surface area contributed by atoms with Gasteiger partial charge >= 0.3 is 5.97 Å². The Kier molecular flexibility index (Phi) is 4.84. The number of ether oxygens (including phenoxy) is 1. The Bertz CT molecular complexity index is 394. The lowest BCUT2D eigenvalue weighted by Crippen LogP contribution is -2.29. The quantitative estimate of drug-likeness (QED) is 0.641. The summed E-state index contributed by atoms with van der Waals surface area (Å²) < 4.78 is 4.69. The molecule has 0 radical (unpaired) electrons. The summed E-state index contributed by atoms with van der Waals surface area (Å²) in [4.78, 5) is 11.5. The third kappa shape index (κ3) is 3.27. The molecule has 1 aromatic rings. The van der Waals surface area contributed by atoms with Crippen molar-refractivity contribution in [2.75, 3.05) is 13.7 Å². The topological polar surface area (TPSA) is 38.3 Å². The zero-order valence-corrected chi connectivity index (χ0v) is 9.62. The molecule has 1 unspecified atom stereocenters. The van der Waals surface area contributed by atoms with Gasteiger partial charge in [0, 0.05) is 5.02 Å². The normalized spacial score (nSPS) is 11.6. The molecule has 0 heterocycles. The van der Waals surface area contributed by atoms with Gasteiger partial charge in [-0.3, -0.25) is 5.32 Å². The fourth-order valence-electron chi connectivity index (χ4n) is 1.27. The third-order valence-corrected chi connectivity index (χ3v) is 2.30. The predicted octanol–water partition coefficient (Wildman–Crippen LogP) is 1.78. The van der Waals surface area contributed by atoms with Gasteiger partial charge < -0.3 is 4.74 Å². The molecule has 4 heteroatoms. The van der Waals surface area contributed by atoms with E-state index in [1.54, 1.807) is 24.3 Å². The molecule has 0 saturated carbocycles. The van der Waals surface area contributed by atoms with E-state index in [2.05, 4.69) is 11.2 Å². The van der Waals surface area contributed by atoms with E-state index in [1.165, 1.54) is 7.11 Å². The summed E-state index contributed by atoms with van der Waals surface area (Å²) in [7, 11) is 1.34. The molecule has 84 valence electrons. The lowest BCUT2D eigenvalue weighted by Gasteiger charge is -2.15. The van der Waals surface area contributed by atoms with Crippen LogP contribution in [0.15, 0.2) is 24.3 Å². The van der Waals surface area contributed by atoms with Crippen LogP contribution in [0.5, 0.6) is 0 Å². The second kappa shape index (κ2) is 6.16. The monoisotopic (exact) mass is 237 g/mol. The number of halogens is 1. The van der Waals surface area contributed by atoms with Crippen molar-refractivity contribution >= 4 is 17.6 Å². The van der Waals surface area contributed by atoms with Crippen LogP contribution in [0, 0.1) is 12.3 Å². The van der Waals surface area contributed by atoms with Gasteiger partial charge in [-0.15, -0.1) is 6.42 Å². The number of nitrogens with one attached hydrogen (secondary N) is 1. The minimum absolute atomic E-state index is 0.294. The average molecular weight is 238 g/mol. The summed E-state index contributed by atoms with van der Waals surface area (Å²) in [5.74, 6) is 2.04. The summed E-state index contributed by atoms with van der Waals surface area (Å²) in [5, 5.41) is 3.52. The summed E-state index contributed by atoms with van der Waals surface area (Å²) in [5.41, 5.74) is 0.770. The number of carbonyl (C=O) groups is 1. The first-order valence-electron chi connectivity index (χ1n) is 4.69. The maximum Gasteiger partial charge on any atom is 0.327 e. The number of rotatable bonds is 4. The van der Waals surface area contributed by atoms with Crippen molar-refractivity contribution in [2.24, 2.45) is 0 Å². The van der Waals surface area contributed by atoms with E-state index < -0.39 is 6.04 Å². The molecular weight excluding hydrogens is 226 g/mol. The second-order valence-electron chi connectivity index (χ2n) is 3.09. The molecule has 0 spiro atoms. The lowest BCUT2D eigenvalue weighted by molar-refractivity contribution is -0.143. The Hall–Kier alpha value is -1.50. The fraction of sp³-hybridized carbons (Fsp3) is 0.250. The van der Waals surface area contributed by atoms with Gasteiger partial charge in [-0.2, -0.15) is 0 Å². The number of benzene rings is 1. The number of terminal acetylenes is 1. The molecule has 1 rings (SSSR count). The van der Waals surface area contributed by atoms with Crippen molar-refractivity contribution in [3.8, 4) is 12.3 Å². The van der Waals surface area contributed by atoms with Crippen LogP contribution in [-0.2, 0) is 9.53 Å². The Labute approximate surface area is 99.7 Å². The van der Waals surface area contributed by atoms with E-state index in [1.807, 2.05) is 0 Å². The zero-order valence-electron chi connectivity index (χ0n) is 8.87. The molecule has 1 atom stereocenters. The SMILES string of the molecule is C#CCNC(C(=O)OC)c1ccc(Cl)cc1. The standard InChI is InChI=1S/C12H12ClNO2/c1-3-8-14-11(12(15)16-2)9-4-6-10(13)7-5-9/h1,4-7,11,14H,8H2,2H3. The molecule has 0 aliphatic carbocycles. The number of methoxy groups -OCH3 is 1. The van der Waals surface area contributed by atoms with Crippen molar-refractivity contribution in [3.63, 3.8) is 0 Å².